The normalized spacial score (nSPS) is 11.0. The number of nitrogens with zero attached hydrogens (tertiary/aromatic N) is 3. The van der Waals surface area contributed by atoms with Gasteiger partial charge >= 0.3 is 5.97 Å². The van der Waals surface area contributed by atoms with Gasteiger partial charge in [-0.05, 0) is 35.5 Å². The van der Waals surface area contributed by atoms with Gasteiger partial charge in [0.15, 0.2) is 0 Å². The summed E-state index contributed by atoms with van der Waals surface area (Å²) in [4.78, 5) is 22.0. The van der Waals surface area contributed by atoms with E-state index in [1.54, 1.807) is 31.5 Å². The van der Waals surface area contributed by atoms with Crippen molar-refractivity contribution >= 4 is 27.9 Å². The van der Waals surface area contributed by atoms with Gasteiger partial charge in [-0.25, -0.2) is 4.79 Å². The summed E-state index contributed by atoms with van der Waals surface area (Å²) in [6.07, 6.45) is 1.60. The van der Waals surface area contributed by atoms with E-state index in [0.717, 1.165) is 15.7 Å². The van der Waals surface area contributed by atoms with Gasteiger partial charge in [0, 0.05) is 17.1 Å². The number of aromatic amines is 1. The van der Waals surface area contributed by atoms with Crippen molar-refractivity contribution in [2.24, 2.45) is 0 Å². The number of fused-ring (bicyclic) bond motifs is 2. The van der Waals surface area contributed by atoms with Gasteiger partial charge in [0.05, 0.1) is 12.7 Å². The number of rotatable bonds is 3. The van der Waals surface area contributed by atoms with Gasteiger partial charge in [0.1, 0.15) is 16.8 Å². The zero-order valence-electron chi connectivity index (χ0n) is 12.2. The van der Waals surface area contributed by atoms with Gasteiger partial charge in [-0.2, -0.15) is 0 Å². The number of methoxy groups -OCH3 is 1. The summed E-state index contributed by atoms with van der Waals surface area (Å²) in [5.74, 6) is 0.137. The van der Waals surface area contributed by atoms with Crippen LogP contribution in [0.4, 0.5) is 0 Å². The molecule has 0 saturated heterocycles. The number of ether oxygens (including phenoxy) is 1. The first-order valence-electron chi connectivity index (χ1n) is 6.94. The molecule has 0 aliphatic rings. The van der Waals surface area contributed by atoms with E-state index in [-0.39, 0.29) is 0 Å². The summed E-state index contributed by atoms with van der Waals surface area (Å²) in [6, 6.07) is 12.7. The predicted octanol–water partition coefficient (Wildman–Crippen LogP) is 2.19. The Morgan fingerprint density at radius 2 is 2.09 bits per heavy atom. The molecule has 7 nitrogen and oxygen atoms in total. The van der Waals surface area contributed by atoms with Crippen LogP contribution in [0.2, 0.25) is 0 Å². The number of nitrogens with one attached hydrogen (secondary N) is 1. The number of hydrogen-bond acceptors (Lipinski definition) is 5. The summed E-state index contributed by atoms with van der Waals surface area (Å²) in [5.41, 5.74) is 2.50. The maximum atomic E-state index is 12.5. The zero-order chi connectivity index (χ0) is 15.8. The van der Waals surface area contributed by atoms with Gasteiger partial charge in [0.25, 0.3) is 0 Å². The Labute approximate surface area is 130 Å². The van der Waals surface area contributed by atoms with Crippen LogP contribution in [0.1, 0.15) is 10.4 Å². The zero-order valence-corrected chi connectivity index (χ0v) is 12.2. The highest BCUT2D eigenvalue weighted by atomic mass is 16.7. The third-order valence-corrected chi connectivity index (χ3v) is 3.60. The molecule has 0 unspecified atom stereocenters. The van der Waals surface area contributed by atoms with Crippen LogP contribution >= 0.6 is 0 Å². The van der Waals surface area contributed by atoms with E-state index in [9.17, 15) is 4.79 Å². The van der Waals surface area contributed by atoms with E-state index in [0.29, 0.717) is 22.3 Å². The van der Waals surface area contributed by atoms with E-state index in [1.807, 2.05) is 24.3 Å². The Bertz CT molecular complexity index is 1020. The van der Waals surface area contributed by atoms with Crippen molar-refractivity contribution in [1.82, 2.24) is 20.1 Å². The molecule has 0 aliphatic carbocycles. The second-order valence-electron chi connectivity index (χ2n) is 4.94. The van der Waals surface area contributed by atoms with Gasteiger partial charge < -0.3 is 14.6 Å². The molecular formula is C16H12N4O3. The smallest absolute Gasteiger partial charge is 0.367 e. The molecule has 0 bridgehead atoms. The van der Waals surface area contributed by atoms with Gasteiger partial charge in [-0.15, -0.1) is 5.10 Å². The minimum Gasteiger partial charge on any atom is -0.497 e. The molecule has 0 spiro atoms. The molecule has 2 heterocycles. The molecule has 0 fully saturated rings. The lowest BCUT2D eigenvalue weighted by Gasteiger charge is -2.03. The van der Waals surface area contributed by atoms with Crippen LogP contribution in [0.25, 0.3) is 21.9 Å². The Morgan fingerprint density at radius 3 is 2.96 bits per heavy atom. The molecule has 4 rings (SSSR count). The van der Waals surface area contributed by atoms with E-state index < -0.39 is 5.97 Å². The van der Waals surface area contributed by atoms with Crippen molar-refractivity contribution in [3.63, 3.8) is 0 Å². The Morgan fingerprint density at radius 1 is 1.22 bits per heavy atom. The fraction of sp³-hybridized carbons (Fsp3) is 0.0625. The van der Waals surface area contributed by atoms with E-state index >= 15 is 0 Å². The van der Waals surface area contributed by atoms with Crippen molar-refractivity contribution in [2.75, 3.05) is 7.11 Å². The molecule has 0 amide bonds. The predicted molar refractivity (Wildman–Crippen MR) is 83.3 cm³/mol. The third-order valence-electron chi connectivity index (χ3n) is 3.60. The number of hydrogen-bond donors (Lipinski definition) is 1. The fourth-order valence-corrected chi connectivity index (χ4v) is 2.44. The van der Waals surface area contributed by atoms with Crippen LogP contribution in [0.5, 0.6) is 5.75 Å². The minimum absolute atomic E-state index is 0.401. The van der Waals surface area contributed by atoms with Crippen LogP contribution in [0, 0.1) is 0 Å². The summed E-state index contributed by atoms with van der Waals surface area (Å²) >= 11 is 0. The number of carbonyl (C=O) groups excluding carboxylic acids is 1. The average molecular weight is 308 g/mol. The largest absolute Gasteiger partial charge is 0.497 e. The minimum atomic E-state index is -0.528. The first-order valence-corrected chi connectivity index (χ1v) is 6.94. The molecule has 2 aromatic heterocycles. The lowest BCUT2D eigenvalue weighted by Crippen LogP contribution is -2.20. The molecule has 1 N–H and O–H groups in total. The van der Waals surface area contributed by atoms with Gasteiger partial charge in [-0.1, -0.05) is 17.0 Å². The maximum Gasteiger partial charge on any atom is 0.367 e. The number of H-pyrrole nitrogens is 1. The van der Waals surface area contributed by atoms with Crippen molar-refractivity contribution < 1.29 is 14.4 Å². The SMILES string of the molecule is COc1ccc2[nH]cc(C(=O)On3nnc4ccccc43)c2c1. The summed E-state index contributed by atoms with van der Waals surface area (Å²) in [6.45, 7) is 0. The van der Waals surface area contributed by atoms with Crippen molar-refractivity contribution in [3.05, 3.63) is 54.2 Å². The van der Waals surface area contributed by atoms with Crippen LogP contribution in [0.15, 0.2) is 48.7 Å². The Kier molecular flexibility index (Phi) is 2.97. The first-order chi connectivity index (χ1) is 11.3. The quantitative estimate of drug-likeness (QED) is 0.587. The summed E-state index contributed by atoms with van der Waals surface area (Å²) in [5, 5.41) is 8.52. The lowest BCUT2D eigenvalue weighted by atomic mass is 10.1. The van der Waals surface area contributed by atoms with Crippen molar-refractivity contribution in [1.29, 1.82) is 0 Å². The molecule has 4 aromatic rings. The van der Waals surface area contributed by atoms with E-state index in [1.165, 1.54) is 0 Å². The Balaban J connectivity index is 1.72. The molecule has 0 aliphatic heterocycles. The highest BCUT2D eigenvalue weighted by molar-refractivity contribution is 6.04. The molecule has 0 atom stereocenters. The third kappa shape index (κ3) is 2.18. The molecule has 2 aromatic carbocycles. The van der Waals surface area contributed by atoms with Crippen molar-refractivity contribution in [3.8, 4) is 5.75 Å². The Hall–Kier alpha value is -3.35. The summed E-state index contributed by atoms with van der Waals surface area (Å²) < 4.78 is 5.20. The standard InChI is InChI=1S/C16H12N4O3/c1-22-10-6-7-13-11(8-10)12(9-17-13)16(21)23-20-15-5-3-2-4-14(15)18-19-20/h2-9,17H,1H3. The van der Waals surface area contributed by atoms with E-state index in [2.05, 4.69) is 15.3 Å². The molecule has 7 heteroatoms. The second-order valence-corrected chi connectivity index (χ2v) is 4.94. The fourth-order valence-electron chi connectivity index (χ4n) is 2.44. The molecule has 0 radical (unpaired) electrons. The molecule has 23 heavy (non-hydrogen) atoms. The second kappa shape index (κ2) is 5.13. The number of benzene rings is 2. The topological polar surface area (TPSA) is 82.0 Å². The number of para-hydroxylation sites is 1. The summed E-state index contributed by atoms with van der Waals surface area (Å²) in [7, 11) is 1.58. The van der Waals surface area contributed by atoms with Crippen LogP contribution in [-0.4, -0.2) is 33.2 Å². The highest BCUT2D eigenvalue weighted by Crippen LogP contribution is 2.24. The monoisotopic (exact) mass is 308 g/mol. The van der Waals surface area contributed by atoms with Crippen LogP contribution in [-0.2, 0) is 0 Å². The number of aromatic nitrogens is 4. The van der Waals surface area contributed by atoms with Gasteiger partial charge in [0.2, 0.25) is 0 Å². The first kappa shape index (κ1) is 13.3. The van der Waals surface area contributed by atoms with Crippen molar-refractivity contribution in [2.45, 2.75) is 0 Å². The maximum absolute atomic E-state index is 12.5. The molecule has 0 saturated carbocycles. The highest BCUT2D eigenvalue weighted by Gasteiger charge is 2.17. The van der Waals surface area contributed by atoms with E-state index in [4.69, 9.17) is 9.57 Å². The van der Waals surface area contributed by atoms with Crippen LogP contribution < -0.4 is 9.57 Å². The number of carbonyl (C=O) groups is 1. The molecular weight excluding hydrogens is 296 g/mol. The molecule has 114 valence electrons. The lowest BCUT2D eigenvalue weighted by molar-refractivity contribution is 0.0411. The van der Waals surface area contributed by atoms with Crippen LogP contribution in [0.3, 0.4) is 0 Å². The average Bonchev–Trinajstić information content (AvgIpc) is 3.18. The van der Waals surface area contributed by atoms with Gasteiger partial charge in [-0.3, -0.25) is 0 Å².